The maximum absolute atomic E-state index is 12.9. The quantitative estimate of drug-likeness (QED) is 0.343. The Hall–Kier alpha value is -3.18. The third kappa shape index (κ3) is 3.99. The van der Waals surface area contributed by atoms with Crippen LogP contribution in [0.3, 0.4) is 0 Å². The molecule has 3 aromatic carbocycles. The van der Waals surface area contributed by atoms with E-state index in [0.29, 0.717) is 11.1 Å². The zero-order chi connectivity index (χ0) is 19.6. The summed E-state index contributed by atoms with van der Waals surface area (Å²) in [5.41, 5.74) is 3.88. The standard InChI is InChI=1S/C21H17ClN2O3/c1-13-7-9-16(24(26)27)12-18(13)21(25)17-10-8-15(11-19(17)22)23-20-6-4-3-5-14(20)2/h3-12,23H,1-2H3. The minimum atomic E-state index is -0.521. The summed E-state index contributed by atoms with van der Waals surface area (Å²) in [7, 11) is 0. The Morgan fingerprint density at radius 3 is 2.37 bits per heavy atom. The number of nitro groups is 1. The summed E-state index contributed by atoms with van der Waals surface area (Å²) in [6.07, 6.45) is 0. The molecule has 0 aromatic heterocycles. The Bertz CT molecular complexity index is 1050. The fourth-order valence-corrected chi connectivity index (χ4v) is 3.03. The Kier molecular flexibility index (Phi) is 5.23. The average molecular weight is 381 g/mol. The number of ketones is 1. The smallest absolute Gasteiger partial charge is 0.270 e. The van der Waals surface area contributed by atoms with Gasteiger partial charge in [-0.05, 0) is 49.2 Å². The number of para-hydroxylation sites is 1. The number of aryl methyl sites for hydroxylation is 2. The second-order valence-electron chi connectivity index (χ2n) is 6.22. The van der Waals surface area contributed by atoms with Gasteiger partial charge in [0.1, 0.15) is 0 Å². The number of nitrogens with one attached hydrogen (secondary N) is 1. The van der Waals surface area contributed by atoms with Gasteiger partial charge >= 0.3 is 0 Å². The van der Waals surface area contributed by atoms with Crippen LogP contribution in [0.2, 0.25) is 5.02 Å². The predicted molar refractivity (Wildman–Crippen MR) is 107 cm³/mol. The third-order valence-corrected chi connectivity index (χ3v) is 4.63. The van der Waals surface area contributed by atoms with Gasteiger partial charge in [0.2, 0.25) is 0 Å². The van der Waals surface area contributed by atoms with Gasteiger partial charge in [0.25, 0.3) is 5.69 Å². The van der Waals surface area contributed by atoms with E-state index in [1.807, 2.05) is 31.2 Å². The highest BCUT2D eigenvalue weighted by atomic mass is 35.5. The Labute approximate surface area is 161 Å². The zero-order valence-electron chi connectivity index (χ0n) is 14.8. The van der Waals surface area contributed by atoms with Crippen molar-refractivity contribution < 1.29 is 9.72 Å². The number of nitro benzene ring substituents is 1. The second-order valence-corrected chi connectivity index (χ2v) is 6.63. The Morgan fingerprint density at radius 1 is 0.963 bits per heavy atom. The van der Waals surface area contributed by atoms with Crippen LogP contribution in [0.5, 0.6) is 0 Å². The number of rotatable bonds is 5. The van der Waals surface area contributed by atoms with Crippen LogP contribution in [-0.4, -0.2) is 10.7 Å². The first-order chi connectivity index (χ1) is 12.9. The molecule has 3 aromatic rings. The first-order valence-electron chi connectivity index (χ1n) is 8.29. The first kappa shape index (κ1) is 18.6. The van der Waals surface area contributed by atoms with Gasteiger partial charge in [0.15, 0.2) is 5.78 Å². The van der Waals surface area contributed by atoms with Crippen LogP contribution in [0, 0.1) is 24.0 Å². The number of carbonyl (C=O) groups is 1. The van der Waals surface area contributed by atoms with Crippen molar-refractivity contribution in [2.24, 2.45) is 0 Å². The molecule has 3 rings (SSSR count). The fourth-order valence-electron chi connectivity index (χ4n) is 2.76. The van der Waals surface area contributed by atoms with Gasteiger partial charge in [-0.25, -0.2) is 0 Å². The number of carbonyl (C=O) groups excluding carboxylic acids is 1. The van der Waals surface area contributed by atoms with Crippen molar-refractivity contribution in [1.29, 1.82) is 0 Å². The fraction of sp³-hybridized carbons (Fsp3) is 0.0952. The minimum Gasteiger partial charge on any atom is -0.355 e. The lowest BCUT2D eigenvalue weighted by atomic mass is 9.98. The maximum Gasteiger partial charge on any atom is 0.270 e. The first-order valence-corrected chi connectivity index (χ1v) is 8.66. The minimum absolute atomic E-state index is 0.127. The maximum atomic E-state index is 12.9. The molecule has 0 fully saturated rings. The van der Waals surface area contributed by atoms with E-state index in [0.717, 1.165) is 16.9 Å². The van der Waals surface area contributed by atoms with Crippen molar-refractivity contribution in [3.8, 4) is 0 Å². The number of benzene rings is 3. The molecule has 0 aliphatic rings. The van der Waals surface area contributed by atoms with Gasteiger partial charge in [0, 0.05) is 34.6 Å². The summed E-state index contributed by atoms with van der Waals surface area (Å²) in [6.45, 7) is 3.73. The van der Waals surface area contributed by atoms with Gasteiger partial charge in [0.05, 0.1) is 9.95 Å². The number of hydrogen-bond acceptors (Lipinski definition) is 4. The molecule has 6 heteroatoms. The van der Waals surface area contributed by atoms with Crippen molar-refractivity contribution in [3.63, 3.8) is 0 Å². The van der Waals surface area contributed by atoms with Crippen molar-refractivity contribution >= 4 is 34.4 Å². The van der Waals surface area contributed by atoms with E-state index in [2.05, 4.69) is 5.32 Å². The summed E-state index contributed by atoms with van der Waals surface area (Å²) in [5.74, 6) is -0.344. The van der Waals surface area contributed by atoms with E-state index in [-0.39, 0.29) is 22.1 Å². The van der Waals surface area contributed by atoms with Crippen LogP contribution in [0.4, 0.5) is 17.1 Å². The Balaban J connectivity index is 1.92. The molecular weight excluding hydrogens is 364 g/mol. The lowest BCUT2D eigenvalue weighted by Gasteiger charge is -2.12. The lowest BCUT2D eigenvalue weighted by molar-refractivity contribution is -0.384. The molecule has 0 saturated heterocycles. The highest BCUT2D eigenvalue weighted by Crippen LogP contribution is 2.28. The molecule has 0 aliphatic carbocycles. The van der Waals surface area contributed by atoms with Crippen LogP contribution in [0.1, 0.15) is 27.0 Å². The molecule has 0 bridgehead atoms. The van der Waals surface area contributed by atoms with E-state index in [1.54, 1.807) is 31.2 Å². The number of non-ortho nitro benzene ring substituents is 1. The average Bonchev–Trinajstić information content (AvgIpc) is 2.63. The van der Waals surface area contributed by atoms with Gasteiger partial charge in [-0.3, -0.25) is 14.9 Å². The molecule has 0 saturated carbocycles. The number of nitrogens with zero attached hydrogens (tertiary/aromatic N) is 1. The molecular formula is C21H17ClN2O3. The van der Waals surface area contributed by atoms with E-state index in [4.69, 9.17) is 11.6 Å². The predicted octanol–water partition coefficient (Wildman–Crippen LogP) is 5.84. The molecule has 0 unspecified atom stereocenters. The summed E-state index contributed by atoms with van der Waals surface area (Å²) in [6, 6.07) is 17.1. The van der Waals surface area contributed by atoms with Crippen LogP contribution >= 0.6 is 11.6 Å². The van der Waals surface area contributed by atoms with Crippen molar-refractivity contribution in [1.82, 2.24) is 0 Å². The molecule has 5 nitrogen and oxygen atoms in total. The Morgan fingerprint density at radius 2 is 1.70 bits per heavy atom. The van der Waals surface area contributed by atoms with E-state index < -0.39 is 4.92 Å². The van der Waals surface area contributed by atoms with Gasteiger partial charge in [-0.2, -0.15) is 0 Å². The van der Waals surface area contributed by atoms with Crippen molar-refractivity contribution in [2.45, 2.75) is 13.8 Å². The molecule has 0 amide bonds. The topological polar surface area (TPSA) is 72.2 Å². The number of anilines is 2. The molecule has 0 radical (unpaired) electrons. The molecule has 0 heterocycles. The van der Waals surface area contributed by atoms with Crippen molar-refractivity contribution in [3.05, 3.63) is 98.1 Å². The SMILES string of the molecule is Cc1ccccc1Nc1ccc(C(=O)c2cc([N+](=O)[O-])ccc2C)c(Cl)c1. The molecule has 27 heavy (non-hydrogen) atoms. The summed E-state index contributed by atoms with van der Waals surface area (Å²) in [4.78, 5) is 23.3. The molecule has 1 N–H and O–H groups in total. The van der Waals surface area contributed by atoms with Gasteiger partial charge < -0.3 is 5.32 Å². The molecule has 0 spiro atoms. The normalized spacial score (nSPS) is 10.5. The lowest BCUT2D eigenvalue weighted by Crippen LogP contribution is -2.06. The largest absolute Gasteiger partial charge is 0.355 e. The molecule has 136 valence electrons. The molecule has 0 atom stereocenters. The van der Waals surface area contributed by atoms with Crippen LogP contribution in [-0.2, 0) is 0 Å². The zero-order valence-corrected chi connectivity index (χ0v) is 15.6. The van der Waals surface area contributed by atoms with Crippen LogP contribution in [0.25, 0.3) is 0 Å². The van der Waals surface area contributed by atoms with E-state index in [1.165, 1.54) is 12.1 Å². The monoisotopic (exact) mass is 380 g/mol. The highest BCUT2D eigenvalue weighted by Gasteiger charge is 2.18. The summed E-state index contributed by atoms with van der Waals surface area (Å²) >= 11 is 6.34. The van der Waals surface area contributed by atoms with E-state index >= 15 is 0 Å². The van der Waals surface area contributed by atoms with Gasteiger partial charge in [-0.15, -0.1) is 0 Å². The van der Waals surface area contributed by atoms with Crippen LogP contribution < -0.4 is 5.32 Å². The summed E-state index contributed by atoms with van der Waals surface area (Å²) < 4.78 is 0. The van der Waals surface area contributed by atoms with Crippen LogP contribution in [0.15, 0.2) is 60.7 Å². The van der Waals surface area contributed by atoms with E-state index in [9.17, 15) is 14.9 Å². The third-order valence-electron chi connectivity index (χ3n) is 4.31. The number of hydrogen-bond donors (Lipinski definition) is 1. The van der Waals surface area contributed by atoms with Crippen molar-refractivity contribution in [2.75, 3.05) is 5.32 Å². The summed E-state index contributed by atoms with van der Waals surface area (Å²) in [5, 5.41) is 14.5. The number of halogens is 1. The highest BCUT2D eigenvalue weighted by molar-refractivity contribution is 6.35. The molecule has 0 aliphatic heterocycles. The van der Waals surface area contributed by atoms with Gasteiger partial charge in [-0.1, -0.05) is 35.9 Å². The second kappa shape index (κ2) is 7.60.